The van der Waals surface area contributed by atoms with Crippen LogP contribution in [-0.4, -0.2) is 30.1 Å². The van der Waals surface area contributed by atoms with Gasteiger partial charge in [-0.3, -0.25) is 9.59 Å². The molecule has 32 heavy (non-hydrogen) atoms. The minimum absolute atomic E-state index is 0.0112. The molecule has 0 heterocycles. The van der Waals surface area contributed by atoms with E-state index in [1.54, 1.807) is 12.1 Å². The van der Waals surface area contributed by atoms with Crippen LogP contribution in [0.5, 0.6) is 0 Å². The van der Waals surface area contributed by atoms with E-state index in [0.717, 1.165) is 35.6 Å². The predicted octanol–water partition coefficient (Wildman–Crippen LogP) is 5.83. The van der Waals surface area contributed by atoms with Crippen LogP contribution in [0.1, 0.15) is 51.2 Å². The van der Waals surface area contributed by atoms with E-state index in [-0.39, 0.29) is 24.2 Å². The Kier molecular flexibility index (Phi) is 7.83. The van der Waals surface area contributed by atoms with Crippen molar-refractivity contribution in [2.45, 2.75) is 46.5 Å². The zero-order valence-corrected chi connectivity index (χ0v) is 20.0. The van der Waals surface area contributed by atoms with E-state index >= 15 is 0 Å². The van der Waals surface area contributed by atoms with Crippen molar-refractivity contribution < 1.29 is 14.7 Å². The maximum atomic E-state index is 12.9. The monoisotopic (exact) mass is 456 g/mol. The number of carboxylic acids is 1. The van der Waals surface area contributed by atoms with E-state index in [1.807, 2.05) is 30.3 Å². The fourth-order valence-corrected chi connectivity index (χ4v) is 4.26. The van der Waals surface area contributed by atoms with Gasteiger partial charge in [-0.2, -0.15) is 0 Å². The molecule has 0 bridgehead atoms. The number of carbonyl (C=O) groups excluding carboxylic acids is 1. The second-order valence-corrected chi connectivity index (χ2v) is 10.0. The van der Waals surface area contributed by atoms with Crippen LogP contribution in [0.2, 0.25) is 5.02 Å². The number of aliphatic carboxylic acids is 1. The first-order valence-electron chi connectivity index (χ1n) is 11.3. The standard InChI is InChI=1S/C26H33ClN2O3/c1-16(2)14-29(15-17(3)4)24-10-7-19(21-13-22(21)26(31)32)12-23(24)28-25(30)11-18-5-8-20(27)9-6-18/h5-10,12,16-17,21-22H,11,13-15H2,1-4H3,(H,28,30)(H,31,32)/t21-,22-/m1/s1. The SMILES string of the molecule is CC(C)CN(CC(C)C)c1ccc([C@H]2C[C@H]2C(=O)O)cc1NC(=O)Cc1ccc(Cl)cc1. The van der Waals surface area contributed by atoms with Crippen molar-refractivity contribution in [1.29, 1.82) is 0 Å². The van der Waals surface area contributed by atoms with Crippen molar-refractivity contribution in [3.8, 4) is 0 Å². The Morgan fingerprint density at radius 3 is 2.22 bits per heavy atom. The molecule has 2 aromatic carbocycles. The summed E-state index contributed by atoms with van der Waals surface area (Å²) >= 11 is 5.96. The molecular formula is C26H33ClN2O3. The smallest absolute Gasteiger partial charge is 0.307 e. The number of nitrogens with one attached hydrogen (secondary N) is 1. The number of carbonyl (C=O) groups is 2. The maximum absolute atomic E-state index is 12.9. The molecule has 0 spiro atoms. The summed E-state index contributed by atoms with van der Waals surface area (Å²) < 4.78 is 0. The molecule has 0 aliphatic heterocycles. The van der Waals surface area contributed by atoms with Crippen molar-refractivity contribution >= 4 is 34.9 Å². The lowest BCUT2D eigenvalue weighted by Crippen LogP contribution is -2.32. The lowest BCUT2D eigenvalue weighted by Gasteiger charge is -2.31. The summed E-state index contributed by atoms with van der Waals surface area (Å²) in [7, 11) is 0. The molecule has 1 amide bonds. The first kappa shape index (κ1) is 24.1. The van der Waals surface area contributed by atoms with Crippen LogP contribution in [0.3, 0.4) is 0 Å². The normalized spacial score (nSPS) is 17.5. The highest BCUT2D eigenvalue weighted by atomic mass is 35.5. The van der Waals surface area contributed by atoms with Gasteiger partial charge >= 0.3 is 5.97 Å². The quantitative estimate of drug-likeness (QED) is 0.472. The highest BCUT2D eigenvalue weighted by Crippen LogP contribution is 2.49. The molecule has 2 aromatic rings. The van der Waals surface area contributed by atoms with Gasteiger partial charge in [0.25, 0.3) is 0 Å². The summed E-state index contributed by atoms with van der Waals surface area (Å²) in [6.07, 6.45) is 0.894. The fraction of sp³-hybridized carbons (Fsp3) is 0.462. The van der Waals surface area contributed by atoms with Gasteiger partial charge in [0, 0.05) is 18.1 Å². The number of hydrogen-bond acceptors (Lipinski definition) is 3. The van der Waals surface area contributed by atoms with Gasteiger partial charge in [-0.25, -0.2) is 0 Å². The Morgan fingerprint density at radius 1 is 1.06 bits per heavy atom. The van der Waals surface area contributed by atoms with Gasteiger partial charge in [0.05, 0.1) is 23.7 Å². The number of hydrogen-bond donors (Lipinski definition) is 2. The zero-order valence-electron chi connectivity index (χ0n) is 19.3. The van der Waals surface area contributed by atoms with Crippen molar-refractivity contribution in [3.63, 3.8) is 0 Å². The minimum Gasteiger partial charge on any atom is -0.481 e. The van der Waals surface area contributed by atoms with Crippen molar-refractivity contribution in [2.75, 3.05) is 23.3 Å². The number of nitrogens with zero attached hydrogens (tertiary/aromatic N) is 1. The predicted molar refractivity (Wildman–Crippen MR) is 131 cm³/mol. The lowest BCUT2D eigenvalue weighted by atomic mass is 10.0. The van der Waals surface area contributed by atoms with Crippen LogP contribution < -0.4 is 10.2 Å². The summed E-state index contributed by atoms with van der Waals surface area (Å²) in [4.78, 5) is 26.6. The summed E-state index contributed by atoms with van der Waals surface area (Å²) in [5, 5.41) is 13.1. The molecule has 0 unspecified atom stereocenters. The zero-order chi connectivity index (χ0) is 23.4. The van der Waals surface area contributed by atoms with E-state index in [2.05, 4.69) is 37.9 Å². The number of anilines is 2. The van der Waals surface area contributed by atoms with Gasteiger partial charge in [-0.05, 0) is 59.6 Å². The Hall–Kier alpha value is -2.53. The summed E-state index contributed by atoms with van der Waals surface area (Å²) in [5.41, 5.74) is 3.59. The third-order valence-corrected chi connectivity index (χ3v) is 5.87. The number of rotatable bonds is 10. The first-order chi connectivity index (χ1) is 15.1. The van der Waals surface area contributed by atoms with E-state index in [9.17, 15) is 14.7 Å². The third-order valence-electron chi connectivity index (χ3n) is 5.62. The number of benzene rings is 2. The second-order valence-electron chi connectivity index (χ2n) is 9.61. The average molecular weight is 457 g/mol. The average Bonchev–Trinajstić information content (AvgIpc) is 3.50. The van der Waals surface area contributed by atoms with Crippen LogP contribution >= 0.6 is 11.6 Å². The van der Waals surface area contributed by atoms with Crippen LogP contribution in [-0.2, 0) is 16.0 Å². The fourth-order valence-electron chi connectivity index (χ4n) is 4.13. The summed E-state index contributed by atoms with van der Waals surface area (Å²) in [6.45, 7) is 10.5. The maximum Gasteiger partial charge on any atom is 0.307 e. The number of carboxylic acid groups (broad SMARTS) is 1. The molecule has 3 rings (SSSR count). The van der Waals surface area contributed by atoms with Crippen LogP contribution in [0.25, 0.3) is 0 Å². The Morgan fingerprint density at radius 2 is 1.69 bits per heavy atom. The van der Waals surface area contributed by atoms with Crippen LogP contribution in [0.15, 0.2) is 42.5 Å². The summed E-state index contributed by atoms with van der Waals surface area (Å²) in [5.74, 6) is -0.256. The third kappa shape index (κ3) is 6.49. The van der Waals surface area contributed by atoms with E-state index in [0.29, 0.717) is 23.3 Å². The van der Waals surface area contributed by atoms with Gasteiger partial charge in [-0.15, -0.1) is 0 Å². The molecule has 2 atom stereocenters. The van der Waals surface area contributed by atoms with E-state index < -0.39 is 5.97 Å². The first-order valence-corrected chi connectivity index (χ1v) is 11.7. The second kappa shape index (κ2) is 10.4. The Bertz CT molecular complexity index is 946. The van der Waals surface area contributed by atoms with Gasteiger partial charge in [-0.1, -0.05) is 57.5 Å². The highest BCUT2D eigenvalue weighted by Gasteiger charge is 2.44. The van der Waals surface area contributed by atoms with Gasteiger partial charge in [0.2, 0.25) is 5.91 Å². The molecule has 6 heteroatoms. The molecular weight excluding hydrogens is 424 g/mol. The van der Waals surface area contributed by atoms with E-state index in [4.69, 9.17) is 11.6 Å². The molecule has 0 aromatic heterocycles. The molecule has 1 aliphatic carbocycles. The van der Waals surface area contributed by atoms with Gasteiger partial charge in [0.1, 0.15) is 0 Å². The topological polar surface area (TPSA) is 69.6 Å². The largest absolute Gasteiger partial charge is 0.481 e. The van der Waals surface area contributed by atoms with Crippen molar-refractivity contribution in [2.24, 2.45) is 17.8 Å². The van der Waals surface area contributed by atoms with Gasteiger partial charge < -0.3 is 15.3 Å². The van der Waals surface area contributed by atoms with E-state index in [1.165, 1.54) is 0 Å². The molecule has 172 valence electrons. The lowest BCUT2D eigenvalue weighted by molar-refractivity contribution is -0.138. The minimum atomic E-state index is -0.756. The summed E-state index contributed by atoms with van der Waals surface area (Å²) in [6, 6.07) is 13.3. The Balaban J connectivity index is 1.88. The van der Waals surface area contributed by atoms with Crippen LogP contribution in [0, 0.1) is 17.8 Å². The van der Waals surface area contributed by atoms with Crippen molar-refractivity contribution in [1.82, 2.24) is 0 Å². The van der Waals surface area contributed by atoms with Crippen molar-refractivity contribution in [3.05, 3.63) is 58.6 Å². The number of amides is 1. The molecule has 1 fully saturated rings. The highest BCUT2D eigenvalue weighted by molar-refractivity contribution is 6.30. The number of halogens is 1. The Labute approximate surface area is 195 Å². The molecule has 2 N–H and O–H groups in total. The molecule has 0 radical (unpaired) electrons. The molecule has 0 saturated heterocycles. The molecule has 1 aliphatic rings. The molecule has 1 saturated carbocycles. The van der Waals surface area contributed by atoms with Crippen LogP contribution in [0.4, 0.5) is 11.4 Å². The van der Waals surface area contributed by atoms with Gasteiger partial charge in [0.15, 0.2) is 0 Å². The molecule has 5 nitrogen and oxygen atoms in total.